The van der Waals surface area contributed by atoms with E-state index in [1.54, 1.807) is 56.6 Å². The van der Waals surface area contributed by atoms with Crippen LogP contribution in [0.3, 0.4) is 0 Å². The van der Waals surface area contributed by atoms with Crippen LogP contribution in [-0.4, -0.2) is 281 Å². The van der Waals surface area contributed by atoms with Gasteiger partial charge in [0.1, 0.15) is 84.5 Å². The lowest BCUT2D eigenvalue weighted by Crippen LogP contribution is -2.61. The van der Waals surface area contributed by atoms with Gasteiger partial charge in [-0.05, 0) is 221 Å². The first-order valence-electron chi connectivity index (χ1n) is 48.6. The SMILES string of the molecule is CC(C)C[C@H](NC(=O)[C@H](Cc1c[nH]c2ccccc12)NC(=O)[C@H](CCCNC(=N)N)NC(=O)[C@@H]1CCCN1C(=O)[C@H]1CCCN1)C(=O)N[C@@H](CCCCN)C(=O)N[C@@H](CCCCN)C(=O)N[C@@H](CCCNC(=N)N)C(=O)N[C@@H](CCCNC(=N)N)C(=O)N[C@@H](Cc1c[nH]c2ccccc12)C(=O)N[C@@H](CCCCN)C(=O)N[C@@H](CCC(=O)O)C(=O)N[C@@H](Cc1ccc(O)cc1)C(=O)N[C@H](C=O)CCCNC(=N)N. The molecule has 48 nitrogen and oxygen atoms in total. The maximum Gasteiger partial charge on any atom is 0.303 e. The van der Waals surface area contributed by atoms with Crippen LogP contribution in [0.5, 0.6) is 5.75 Å². The molecule has 39 N–H and O–H groups in total. The summed E-state index contributed by atoms with van der Waals surface area (Å²) in [6.07, 6.45) is 5.36. The molecule has 0 saturated carbocycles. The number of phenols is 1. The van der Waals surface area contributed by atoms with Crippen molar-refractivity contribution in [3.63, 3.8) is 0 Å². The van der Waals surface area contributed by atoms with E-state index < -0.39 is 186 Å². The zero-order valence-corrected chi connectivity index (χ0v) is 80.8. The monoisotopic (exact) mass is 1980 g/mol. The number of carboxylic acids is 1. The van der Waals surface area contributed by atoms with Gasteiger partial charge in [0.25, 0.3) is 0 Å². The Bertz CT molecular complexity index is 5050. The van der Waals surface area contributed by atoms with Crippen molar-refractivity contribution in [3.05, 3.63) is 102 Å². The molecule has 0 bridgehead atoms. The predicted octanol–water partition coefficient (Wildman–Crippen LogP) is -3.51. The number of nitrogens with zero attached hydrogens (tertiary/aromatic N) is 1. The highest BCUT2D eigenvalue weighted by Gasteiger charge is 2.42. The van der Waals surface area contributed by atoms with Crippen molar-refractivity contribution in [1.82, 2.24) is 105 Å². The van der Waals surface area contributed by atoms with E-state index >= 15 is 33.6 Å². The maximum atomic E-state index is 15.5. The van der Waals surface area contributed by atoms with Crippen molar-refractivity contribution in [2.75, 3.05) is 58.9 Å². The molecule has 0 radical (unpaired) electrons. The van der Waals surface area contributed by atoms with Crippen LogP contribution in [0.1, 0.15) is 185 Å². The highest BCUT2D eigenvalue weighted by Crippen LogP contribution is 2.26. The van der Waals surface area contributed by atoms with Crippen LogP contribution in [0, 0.1) is 27.6 Å². The molecule has 13 amide bonds. The summed E-state index contributed by atoms with van der Waals surface area (Å²) in [6.45, 7) is 5.24. The molecule has 3 aromatic carbocycles. The summed E-state index contributed by atoms with van der Waals surface area (Å²) in [5.41, 5.74) is 43.2. The summed E-state index contributed by atoms with van der Waals surface area (Å²) in [5, 5.41) is 99.2. The summed E-state index contributed by atoms with van der Waals surface area (Å²) in [7, 11) is 0. The van der Waals surface area contributed by atoms with E-state index in [2.05, 4.69) is 100 Å². The number of aromatic nitrogens is 2. The van der Waals surface area contributed by atoms with Crippen LogP contribution in [0.2, 0.25) is 0 Å². The summed E-state index contributed by atoms with van der Waals surface area (Å²) in [4.78, 5) is 227. The topological polar surface area (TPSA) is 813 Å². The number of hydrogen-bond donors (Lipinski definition) is 32. The Hall–Kier alpha value is -14.3. The number of aliphatic carboxylic acids is 1. The number of nitrogens with one attached hydrogen (secondary N) is 23. The number of carbonyl (C=O) groups excluding carboxylic acids is 14. The van der Waals surface area contributed by atoms with Crippen molar-refractivity contribution in [3.8, 4) is 5.75 Å². The number of phenolic OH excluding ortho intramolecular Hbond substituents is 1. The van der Waals surface area contributed by atoms with E-state index in [1.807, 2.05) is 18.2 Å². The van der Waals surface area contributed by atoms with Crippen molar-refractivity contribution in [1.29, 1.82) is 21.6 Å². The number of hydrogen-bond acceptors (Lipinski definition) is 24. The second kappa shape index (κ2) is 60.6. The Kier molecular flexibility index (Phi) is 49.0. The first kappa shape index (κ1) is 115. The number of benzene rings is 3. The third-order valence-corrected chi connectivity index (χ3v) is 24.4. The predicted molar refractivity (Wildman–Crippen MR) is 532 cm³/mol. The smallest absolute Gasteiger partial charge is 0.303 e. The Morgan fingerprint density at radius 1 is 0.415 bits per heavy atom. The van der Waals surface area contributed by atoms with Crippen LogP contribution in [0.25, 0.3) is 21.8 Å². The van der Waals surface area contributed by atoms with Crippen LogP contribution in [0.15, 0.2) is 85.2 Å². The number of carbonyl (C=O) groups is 15. The maximum absolute atomic E-state index is 15.5. The lowest BCUT2D eigenvalue weighted by atomic mass is 9.99. The highest BCUT2D eigenvalue weighted by atomic mass is 16.4. The first-order chi connectivity index (χ1) is 68.0. The number of rotatable bonds is 65. The Morgan fingerprint density at radius 3 is 1.13 bits per heavy atom. The van der Waals surface area contributed by atoms with Gasteiger partial charge in [-0.1, -0.05) is 62.4 Å². The molecule has 0 spiro atoms. The van der Waals surface area contributed by atoms with Gasteiger partial charge in [-0.3, -0.25) is 88.8 Å². The van der Waals surface area contributed by atoms with E-state index in [9.17, 15) is 48.6 Å². The quantitative estimate of drug-likeness (QED) is 0.00777. The number of guanidine groups is 4. The number of H-pyrrole nitrogens is 2. The Labute approximate surface area is 824 Å². The van der Waals surface area contributed by atoms with Gasteiger partial charge in [0.15, 0.2) is 23.8 Å². The second-order valence-corrected chi connectivity index (χ2v) is 36.1. The average Bonchev–Trinajstić information content (AvgIpc) is 1.67. The summed E-state index contributed by atoms with van der Waals surface area (Å²) in [6, 6.07) is 0.657. The fourth-order valence-corrected chi connectivity index (χ4v) is 16.8. The van der Waals surface area contributed by atoms with E-state index in [0.717, 1.165) is 6.42 Å². The minimum atomic E-state index is -1.73. The van der Waals surface area contributed by atoms with Gasteiger partial charge in [0.2, 0.25) is 76.8 Å². The number of unbranched alkanes of at least 4 members (excludes halogenated alkanes) is 3. The molecule has 7 rings (SSSR count). The number of aldehydes is 1. The van der Waals surface area contributed by atoms with Crippen molar-refractivity contribution < 1.29 is 82.1 Å². The molecule has 780 valence electrons. The van der Waals surface area contributed by atoms with E-state index in [1.165, 1.54) is 29.2 Å². The van der Waals surface area contributed by atoms with E-state index in [4.69, 9.17) is 61.8 Å². The Balaban J connectivity index is 1.17. The van der Waals surface area contributed by atoms with Crippen molar-refractivity contribution in [2.45, 2.75) is 272 Å². The van der Waals surface area contributed by atoms with Crippen LogP contribution < -0.4 is 131 Å². The summed E-state index contributed by atoms with van der Waals surface area (Å²) in [5.74, 6) is -14.3. The van der Waals surface area contributed by atoms with Gasteiger partial charge >= 0.3 is 5.97 Å². The molecule has 2 fully saturated rings. The number of para-hydroxylation sites is 2. The number of fused-ring (bicyclic) bond motifs is 2. The fraction of sp³-hybridized carbons (Fsp3) is 0.564. The first-order valence-corrected chi connectivity index (χ1v) is 48.6. The van der Waals surface area contributed by atoms with Crippen LogP contribution >= 0.6 is 0 Å². The van der Waals surface area contributed by atoms with Gasteiger partial charge in [-0.2, -0.15) is 0 Å². The number of aromatic hydroxyl groups is 1. The van der Waals surface area contributed by atoms with E-state index in [0.29, 0.717) is 96.4 Å². The van der Waals surface area contributed by atoms with Crippen molar-refractivity contribution >= 4 is 135 Å². The van der Waals surface area contributed by atoms with Crippen molar-refractivity contribution in [2.24, 2.45) is 46.1 Å². The average molecular weight is 1980 g/mol. The zero-order chi connectivity index (χ0) is 104. The normalized spacial score (nSPS) is 15.9. The van der Waals surface area contributed by atoms with Gasteiger partial charge in [0, 0.05) is 92.6 Å². The van der Waals surface area contributed by atoms with E-state index in [-0.39, 0.29) is 191 Å². The number of likely N-dealkylation sites (tertiary alicyclic amines) is 1. The largest absolute Gasteiger partial charge is 0.508 e. The molecule has 2 aromatic heterocycles. The third kappa shape index (κ3) is 39.4. The van der Waals surface area contributed by atoms with Gasteiger partial charge in [0.05, 0.1) is 12.1 Å². The minimum absolute atomic E-state index is 0.00352. The highest BCUT2D eigenvalue weighted by molar-refractivity contribution is 6.01. The standard InChI is InChI=1S/C94H147N31O17/c1-54(2)47-72(121-88(140)75(50-57-52-112-63-23-6-4-21-61(57)63)124-83(135)69(29-16-45-110-94(104)105)120-89(141)76-31-18-46-125(76)90(142)71-30-17-41-106-71)86(138)117-65(25-8-11-39-96)79(131)114-64(24-7-10-38-95)78(130)115-67(27-14-43-108-92(100)101)81(133)116-68(28-15-44-109-93(102)103)82(134)123-74(49-56-51-111-62-22-5-3-20-60(56)62)87(139)118-66(26-9-12-40-97)80(132)119-70(36-37-77(128)129)84(136)122-73(48-55-32-34-59(127)35-33-55)85(137)113-58(53-126)19-13-42-107-91(98)99/h3-6,20-23,32-35,51-54,58,64-76,106,111-112,127H,7-19,24-31,36-50,95-97H2,1-2H3,(H,113,137)(H,114,131)(H,115,130)(H,116,133)(H,117,138)(H,118,139)(H,119,132)(H,120,141)(H,121,140)(H,122,136)(H,123,134)(H,124,135)(H,128,129)(H4,98,99,107)(H4,100,101,108)(H4,102,103,109)(H4,104,105,110)/t58-,64-,65-,66-,67-,68-,69-,70-,71+,72-,73-,74-,75-,76-/m0/s1. The number of nitrogens with two attached hydrogens (primary N) is 7. The molecule has 2 aliphatic heterocycles. The molecule has 4 heterocycles. The molecular weight excluding hydrogens is 1840 g/mol. The molecular formula is C94H147N31O17. The number of carboxylic acid groups (broad SMARTS) is 1. The molecule has 48 heteroatoms. The molecule has 5 aromatic rings. The molecule has 14 atom stereocenters. The van der Waals surface area contributed by atoms with Gasteiger partial charge in [-0.15, -0.1) is 0 Å². The molecule has 142 heavy (non-hydrogen) atoms. The van der Waals surface area contributed by atoms with Crippen LogP contribution in [-0.2, 0) is 91.2 Å². The number of aromatic amines is 2. The molecule has 0 unspecified atom stereocenters. The second-order valence-electron chi connectivity index (χ2n) is 36.1. The molecule has 2 aliphatic rings. The lowest BCUT2D eigenvalue weighted by Gasteiger charge is -2.30. The zero-order valence-electron chi connectivity index (χ0n) is 80.8. The number of amides is 13. The lowest BCUT2D eigenvalue weighted by molar-refractivity contribution is -0.141. The van der Waals surface area contributed by atoms with Crippen LogP contribution in [0.4, 0.5) is 0 Å². The molecule has 2 saturated heterocycles. The summed E-state index contributed by atoms with van der Waals surface area (Å²) >= 11 is 0. The van der Waals surface area contributed by atoms with Gasteiger partial charge < -0.3 is 160 Å². The molecule has 0 aliphatic carbocycles. The minimum Gasteiger partial charge on any atom is -0.508 e. The Morgan fingerprint density at radius 2 is 0.761 bits per heavy atom. The van der Waals surface area contributed by atoms with Gasteiger partial charge in [-0.25, -0.2) is 0 Å². The fourth-order valence-electron chi connectivity index (χ4n) is 16.8. The summed E-state index contributed by atoms with van der Waals surface area (Å²) < 4.78 is 0. The third-order valence-electron chi connectivity index (χ3n) is 24.4.